The standard InChI is InChI=1S/C34H39FN6O4Si/c1-21-31(46(3,4)35)30(16-17-41-19-28(38-39-41)26(20-42)22-8-6-5-7-9-22)45-34(21)27-18-25(14-15-29(27)40(2)33(34)44)37-32(43)23-10-12-24(36)13-11-23/h5-15,18-19,21,26,30-31,42H,16-17,20,36H2,1-4H3,(H,37,43)/t21-,26?,30+,31-,34+/m1/s1. The largest absolute Gasteiger partial charge is 0.399 e. The van der Waals surface area contributed by atoms with Crippen LogP contribution in [0.3, 0.4) is 0 Å². The van der Waals surface area contributed by atoms with E-state index in [0.29, 0.717) is 46.8 Å². The predicted molar refractivity (Wildman–Crippen MR) is 177 cm³/mol. The first-order chi connectivity index (χ1) is 21.9. The molecule has 0 bridgehead atoms. The van der Waals surface area contributed by atoms with Crippen LogP contribution in [0.15, 0.2) is 79.0 Å². The number of hydrogen-bond acceptors (Lipinski definition) is 7. The predicted octanol–water partition coefficient (Wildman–Crippen LogP) is 5.08. The van der Waals surface area contributed by atoms with Crippen LogP contribution in [0.1, 0.15) is 46.4 Å². The number of nitrogens with one attached hydrogen (secondary N) is 1. The summed E-state index contributed by atoms with van der Waals surface area (Å²) in [6.45, 7) is 5.50. The lowest BCUT2D eigenvalue weighted by atomic mass is 9.82. The number of carbonyl (C=O) groups is 2. The maximum Gasteiger partial charge on any atom is 0.264 e. The summed E-state index contributed by atoms with van der Waals surface area (Å²) >= 11 is 0. The van der Waals surface area contributed by atoms with Crippen molar-refractivity contribution in [3.8, 4) is 0 Å². The van der Waals surface area contributed by atoms with Gasteiger partial charge in [0.25, 0.3) is 11.8 Å². The molecule has 4 N–H and O–H groups in total. The molecule has 1 unspecified atom stereocenters. The molecule has 3 heterocycles. The first-order valence-corrected chi connectivity index (χ1v) is 18.4. The van der Waals surface area contributed by atoms with Gasteiger partial charge in [-0.3, -0.25) is 14.3 Å². The monoisotopic (exact) mass is 642 g/mol. The van der Waals surface area contributed by atoms with Gasteiger partial charge in [-0.05, 0) is 67.5 Å². The number of carbonyl (C=O) groups excluding carboxylic acids is 2. The van der Waals surface area contributed by atoms with Crippen LogP contribution in [-0.2, 0) is 21.7 Å². The van der Waals surface area contributed by atoms with Gasteiger partial charge < -0.3 is 29.9 Å². The molecule has 0 radical (unpaired) electrons. The number of aliphatic hydroxyl groups is 1. The second-order valence-corrected chi connectivity index (χ2v) is 16.6. The number of halogens is 1. The number of anilines is 3. The molecule has 2 amide bonds. The zero-order valence-electron chi connectivity index (χ0n) is 26.4. The Morgan fingerprint density at radius 1 is 1.15 bits per heavy atom. The molecular formula is C34H39FN6O4Si. The highest BCUT2D eigenvalue weighted by atomic mass is 28.4. The van der Waals surface area contributed by atoms with Crippen molar-refractivity contribution in [1.29, 1.82) is 0 Å². The van der Waals surface area contributed by atoms with Gasteiger partial charge in [0, 0.05) is 53.8 Å². The molecule has 46 heavy (non-hydrogen) atoms. The van der Waals surface area contributed by atoms with Crippen molar-refractivity contribution in [3.63, 3.8) is 0 Å². The molecule has 1 fully saturated rings. The van der Waals surface area contributed by atoms with Gasteiger partial charge in [-0.15, -0.1) is 5.10 Å². The number of benzene rings is 3. The minimum Gasteiger partial charge on any atom is -0.399 e. The lowest BCUT2D eigenvalue weighted by molar-refractivity contribution is -0.145. The minimum atomic E-state index is -3.36. The summed E-state index contributed by atoms with van der Waals surface area (Å²) in [6, 6.07) is 21.5. The highest BCUT2D eigenvalue weighted by Crippen LogP contribution is 2.60. The van der Waals surface area contributed by atoms with E-state index in [9.17, 15) is 14.7 Å². The van der Waals surface area contributed by atoms with Gasteiger partial charge in [0.1, 0.15) is 0 Å². The molecule has 1 saturated heterocycles. The van der Waals surface area contributed by atoms with E-state index in [1.54, 1.807) is 78.4 Å². The second kappa shape index (κ2) is 12.1. The van der Waals surface area contributed by atoms with Crippen molar-refractivity contribution in [3.05, 3.63) is 101 Å². The van der Waals surface area contributed by atoms with Crippen LogP contribution < -0.4 is 16.0 Å². The number of amides is 2. The van der Waals surface area contributed by atoms with E-state index in [4.69, 9.17) is 10.5 Å². The van der Waals surface area contributed by atoms with Crippen LogP contribution in [0.4, 0.5) is 21.2 Å². The summed E-state index contributed by atoms with van der Waals surface area (Å²) < 4.78 is 24.6. The van der Waals surface area contributed by atoms with Crippen LogP contribution in [0.25, 0.3) is 0 Å². The molecule has 10 nitrogen and oxygen atoms in total. The first-order valence-electron chi connectivity index (χ1n) is 15.5. The van der Waals surface area contributed by atoms with Crippen LogP contribution in [-0.4, -0.2) is 60.1 Å². The highest BCUT2D eigenvalue weighted by Gasteiger charge is 2.66. The van der Waals surface area contributed by atoms with Gasteiger partial charge in [0.2, 0.25) is 8.41 Å². The van der Waals surface area contributed by atoms with Crippen molar-refractivity contribution in [1.82, 2.24) is 15.0 Å². The van der Waals surface area contributed by atoms with Crippen LogP contribution in [0, 0.1) is 5.92 Å². The van der Waals surface area contributed by atoms with E-state index in [-0.39, 0.29) is 24.3 Å². The third kappa shape index (κ3) is 5.50. The summed E-state index contributed by atoms with van der Waals surface area (Å²) in [5.41, 5.74) is 8.24. The fourth-order valence-electron chi connectivity index (χ4n) is 7.24. The molecule has 5 atom stereocenters. The fraction of sp³-hybridized carbons (Fsp3) is 0.353. The maximum atomic E-state index is 16.2. The van der Waals surface area contributed by atoms with Gasteiger partial charge in [-0.1, -0.05) is 42.5 Å². The molecule has 240 valence electrons. The summed E-state index contributed by atoms with van der Waals surface area (Å²) in [5.74, 6) is -1.35. The Balaban J connectivity index is 1.27. The zero-order chi connectivity index (χ0) is 32.8. The molecule has 1 aromatic heterocycles. The minimum absolute atomic E-state index is 0.115. The maximum absolute atomic E-state index is 16.2. The number of nitrogens with zero attached hydrogens (tertiary/aromatic N) is 4. The number of aromatic nitrogens is 3. The molecule has 12 heteroatoms. The van der Waals surface area contributed by atoms with E-state index in [1.165, 1.54) is 0 Å². The van der Waals surface area contributed by atoms with Crippen molar-refractivity contribution < 1.29 is 23.5 Å². The third-order valence-corrected chi connectivity index (χ3v) is 11.9. The van der Waals surface area contributed by atoms with Crippen molar-refractivity contribution in [2.24, 2.45) is 5.92 Å². The topological polar surface area (TPSA) is 136 Å². The average Bonchev–Trinajstić information content (AvgIpc) is 3.68. The lowest BCUT2D eigenvalue weighted by Gasteiger charge is -2.31. The van der Waals surface area contributed by atoms with Gasteiger partial charge in [-0.2, -0.15) is 0 Å². The third-order valence-electron chi connectivity index (χ3n) is 9.46. The second-order valence-electron chi connectivity index (χ2n) is 12.8. The quantitative estimate of drug-likeness (QED) is 0.132. The number of rotatable bonds is 9. The molecule has 3 aromatic carbocycles. The molecule has 2 aliphatic rings. The molecule has 4 aromatic rings. The Hall–Kier alpha value is -4.39. The Morgan fingerprint density at radius 2 is 1.87 bits per heavy atom. The van der Waals surface area contributed by atoms with E-state index >= 15 is 4.11 Å². The average molecular weight is 643 g/mol. The molecule has 0 saturated carbocycles. The first kappa shape index (κ1) is 31.6. The SMILES string of the molecule is C[C@@H]1[C@@H]([Si](C)(C)F)[C@H](CCn2cc(C(CO)c3ccccc3)nn2)O[C@@]12C(=O)N(C)c1ccc(NC(=O)c3ccc(N)cc3)cc12. The van der Waals surface area contributed by atoms with Crippen LogP contribution in [0.5, 0.6) is 0 Å². The normalized spacial score (nSPS) is 23.1. The number of nitrogen functional groups attached to an aromatic ring is 1. The molecule has 6 rings (SSSR count). The van der Waals surface area contributed by atoms with E-state index in [2.05, 4.69) is 15.6 Å². The van der Waals surface area contributed by atoms with Crippen LogP contribution >= 0.6 is 0 Å². The van der Waals surface area contributed by atoms with Gasteiger partial charge in [-0.25, -0.2) is 0 Å². The van der Waals surface area contributed by atoms with Gasteiger partial charge >= 0.3 is 0 Å². The van der Waals surface area contributed by atoms with Crippen molar-refractivity contribution in [2.45, 2.75) is 56.1 Å². The number of aryl methyl sites for hydroxylation is 1. The smallest absolute Gasteiger partial charge is 0.264 e. The van der Waals surface area contributed by atoms with Gasteiger partial charge in [0.05, 0.1) is 30.0 Å². The number of nitrogens with two attached hydrogens (primary N) is 1. The van der Waals surface area contributed by atoms with E-state index in [0.717, 1.165) is 5.56 Å². The van der Waals surface area contributed by atoms with Crippen molar-refractivity contribution in [2.75, 3.05) is 29.6 Å². The summed E-state index contributed by atoms with van der Waals surface area (Å²) in [4.78, 5) is 28.6. The Kier molecular flexibility index (Phi) is 8.30. The Morgan fingerprint density at radius 3 is 2.54 bits per heavy atom. The number of likely N-dealkylation sites (N-methyl/N-ethyl adjacent to an activating group) is 1. The van der Waals surface area contributed by atoms with Crippen molar-refractivity contribution >= 4 is 37.3 Å². The van der Waals surface area contributed by atoms with Crippen LogP contribution in [0.2, 0.25) is 18.6 Å². The molecule has 1 spiro atoms. The number of aliphatic hydroxyl groups excluding tert-OH is 1. The zero-order valence-corrected chi connectivity index (χ0v) is 27.4. The molecular weight excluding hydrogens is 603 g/mol. The van der Waals surface area contributed by atoms with Gasteiger partial charge in [0.15, 0.2) is 5.60 Å². The summed E-state index contributed by atoms with van der Waals surface area (Å²) in [7, 11) is -1.67. The molecule has 0 aliphatic carbocycles. The fourth-order valence-corrected chi connectivity index (χ4v) is 9.78. The lowest BCUT2D eigenvalue weighted by Crippen LogP contribution is -2.44. The molecule has 2 aliphatic heterocycles. The Labute approximate surface area is 268 Å². The van der Waals surface area contributed by atoms with E-state index < -0.39 is 31.6 Å². The van der Waals surface area contributed by atoms with E-state index in [1.807, 2.05) is 37.3 Å². The number of fused-ring (bicyclic) bond motifs is 2. The summed E-state index contributed by atoms with van der Waals surface area (Å²) in [5, 5.41) is 21.6. The number of ether oxygens (including phenoxy) is 1. The highest BCUT2D eigenvalue weighted by molar-refractivity contribution is 6.72. The number of hydrogen-bond donors (Lipinski definition) is 3. The Bertz CT molecular complexity index is 1740. The summed E-state index contributed by atoms with van der Waals surface area (Å²) in [6.07, 6.45) is 1.65.